The molecular weight excluding hydrogens is 266 g/mol. The van der Waals surface area contributed by atoms with Crippen molar-refractivity contribution in [1.82, 2.24) is 24.3 Å². The molecular formula is C12H12F2N6. The first-order chi connectivity index (χ1) is 9.56. The molecule has 0 aliphatic heterocycles. The van der Waals surface area contributed by atoms with Crippen LogP contribution in [-0.2, 0) is 20.0 Å². The number of aromatic nitrogens is 5. The van der Waals surface area contributed by atoms with Gasteiger partial charge in [-0.05, 0) is 12.1 Å². The predicted molar refractivity (Wildman–Crippen MR) is 68.8 cm³/mol. The SMILES string of the molecule is Cn1cnc(CCn2c(N)nc3ccc(F)c(F)c32)n1. The van der Waals surface area contributed by atoms with Crippen LogP contribution in [0.5, 0.6) is 0 Å². The van der Waals surface area contributed by atoms with Crippen molar-refractivity contribution in [2.75, 3.05) is 5.73 Å². The van der Waals surface area contributed by atoms with E-state index in [1.807, 2.05) is 0 Å². The molecule has 8 heteroatoms. The lowest BCUT2D eigenvalue weighted by atomic mass is 10.3. The van der Waals surface area contributed by atoms with E-state index >= 15 is 0 Å². The summed E-state index contributed by atoms with van der Waals surface area (Å²) in [6, 6.07) is 2.44. The Balaban J connectivity index is 1.98. The number of imidazole rings is 1. The third-order valence-corrected chi connectivity index (χ3v) is 3.04. The highest BCUT2D eigenvalue weighted by atomic mass is 19.2. The van der Waals surface area contributed by atoms with Gasteiger partial charge in [0.2, 0.25) is 5.95 Å². The van der Waals surface area contributed by atoms with Crippen LogP contribution in [0.25, 0.3) is 11.0 Å². The predicted octanol–water partition coefficient (Wildman–Crippen LogP) is 1.27. The fourth-order valence-electron chi connectivity index (χ4n) is 2.11. The number of rotatable bonds is 3. The molecule has 3 aromatic rings. The van der Waals surface area contributed by atoms with E-state index in [0.29, 0.717) is 24.3 Å². The second-order valence-electron chi connectivity index (χ2n) is 4.44. The number of nitrogen functional groups attached to an aromatic ring is 1. The number of hydrogen-bond acceptors (Lipinski definition) is 4. The van der Waals surface area contributed by atoms with Crippen LogP contribution in [0, 0.1) is 11.6 Å². The maximum Gasteiger partial charge on any atom is 0.201 e. The summed E-state index contributed by atoms with van der Waals surface area (Å²) in [6.07, 6.45) is 2.03. The molecule has 0 aliphatic carbocycles. The molecule has 0 spiro atoms. The monoisotopic (exact) mass is 278 g/mol. The van der Waals surface area contributed by atoms with Gasteiger partial charge in [-0.25, -0.2) is 18.7 Å². The summed E-state index contributed by atoms with van der Waals surface area (Å²) in [5.41, 5.74) is 6.16. The molecule has 1 aromatic carbocycles. The maximum absolute atomic E-state index is 13.9. The van der Waals surface area contributed by atoms with Crippen molar-refractivity contribution in [3.63, 3.8) is 0 Å². The zero-order valence-electron chi connectivity index (χ0n) is 10.7. The molecule has 2 N–H and O–H groups in total. The van der Waals surface area contributed by atoms with Crippen molar-refractivity contribution >= 4 is 17.0 Å². The second-order valence-corrected chi connectivity index (χ2v) is 4.44. The summed E-state index contributed by atoms with van der Waals surface area (Å²) in [7, 11) is 1.76. The van der Waals surface area contributed by atoms with E-state index < -0.39 is 11.6 Å². The number of benzene rings is 1. The van der Waals surface area contributed by atoms with Crippen LogP contribution in [0.4, 0.5) is 14.7 Å². The maximum atomic E-state index is 13.9. The number of nitrogens with zero attached hydrogens (tertiary/aromatic N) is 5. The molecule has 0 saturated carbocycles. The average molecular weight is 278 g/mol. The minimum absolute atomic E-state index is 0.0680. The van der Waals surface area contributed by atoms with E-state index in [0.717, 1.165) is 6.07 Å². The van der Waals surface area contributed by atoms with E-state index in [9.17, 15) is 8.78 Å². The van der Waals surface area contributed by atoms with Crippen molar-refractivity contribution in [2.45, 2.75) is 13.0 Å². The molecule has 0 fully saturated rings. The van der Waals surface area contributed by atoms with Crippen LogP contribution in [0.3, 0.4) is 0 Å². The molecule has 6 nitrogen and oxygen atoms in total. The van der Waals surface area contributed by atoms with Crippen LogP contribution < -0.4 is 5.73 Å². The summed E-state index contributed by atoms with van der Waals surface area (Å²) in [5.74, 6) is -1.12. The van der Waals surface area contributed by atoms with Crippen molar-refractivity contribution in [3.05, 3.63) is 35.9 Å². The van der Waals surface area contributed by atoms with Crippen molar-refractivity contribution in [2.24, 2.45) is 7.05 Å². The van der Waals surface area contributed by atoms with Crippen molar-refractivity contribution < 1.29 is 8.78 Å². The Hall–Kier alpha value is -2.51. The Morgan fingerprint density at radius 2 is 2.10 bits per heavy atom. The van der Waals surface area contributed by atoms with Crippen LogP contribution in [0.15, 0.2) is 18.5 Å². The van der Waals surface area contributed by atoms with Gasteiger partial charge in [-0.1, -0.05) is 0 Å². The molecule has 2 aromatic heterocycles. The molecule has 104 valence electrons. The summed E-state index contributed by atoms with van der Waals surface area (Å²) in [5, 5.41) is 4.12. The molecule has 2 heterocycles. The molecule has 20 heavy (non-hydrogen) atoms. The lowest BCUT2D eigenvalue weighted by Crippen LogP contribution is -2.08. The lowest BCUT2D eigenvalue weighted by molar-refractivity contribution is 0.511. The van der Waals surface area contributed by atoms with Crippen molar-refractivity contribution in [1.29, 1.82) is 0 Å². The third kappa shape index (κ3) is 1.98. The molecule has 0 atom stereocenters. The van der Waals surface area contributed by atoms with E-state index in [1.165, 1.54) is 10.6 Å². The van der Waals surface area contributed by atoms with Crippen LogP contribution >= 0.6 is 0 Å². The molecule has 0 aliphatic rings. The smallest absolute Gasteiger partial charge is 0.201 e. The topological polar surface area (TPSA) is 74.5 Å². The van der Waals surface area contributed by atoms with Gasteiger partial charge in [-0.15, -0.1) is 0 Å². The lowest BCUT2D eigenvalue weighted by Gasteiger charge is -2.05. The summed E-state index contributed by atoms with van der Waals surface area (Å²) < 4.78 is 30.2. The van der Waals surface area contributed by atoms with Gasteiger partial charge in [-0.3, -0.25) is 4.68 Å². The first-order valence-corrected chi connectivity index (χ1v) is 6.00. The minimum atomic E-state index is -0.944. The van der Waals surface area contributed by atoms with Crippen LogP contribution in [0.2, 0.25) is 0 Å². The van der Waals surface area contributed by atoms with E-state index in [2.05, 4.69) is 15.1 Å². The first kappa shape index (κ1) is 12.5. The average Bonchev–Trinajstić information content (AvgIpc) is 2.95. The highest BCUT2D eigenvalue weighted by molar-refractivity contribution is 5.79. The molecule has 0 amide bonds. The zero-order chi connectivity index (χ0) is 14.3. The number of aryl methyl sites for hydroxylation is 3. The van der Waals surface area contributed by atoms with Gasteiger partial charge >= 0.3 is 0 Å². The van der Waals surface area contributed by atoms with E-state index in [-0.39, 0.29) is 11.5 Å². The number of hydrogen-bond donors (Lipinski definition) is 1. The number of halogens is 2. The molecule has 3 rings (SSSR count). The van der Waals surface area contributed by atoms with Crippen LogP contribution in [0.1, 0.15) is 5.82 Å². The van der Waals surface area contributed by atoms with Crippen molar-refractivity contribution in [3.8, 4) is 0 Å². The van der Waals surface area contributed by atoms with Gasteiger partial charge in [-0.2, -0.15) is 5.10 Å². The molecule has 0 saturated heterocycles. The molecule has 0 bridgehead atoms. The summed E-state index contributed by atoms with van der Waals surface area (Å²) >= 11 is 0. The standard InChI is InChI=1S/C12H12F2N6/c1-19-6-16-9(18-19)4-5-20-11-8(17-12(20)15)3-2-7(13)10(11)14/h2-3,6H,4-5H2,1H3,(H2,15,17). The molecule has 0 radical (unpaired) electrons. The van der Waals surface area contributed by atoms with Gasteiger partial charge < -0.3 is 10.3 Å². The molecule has 0 unspecified atom stereocenters. The Labute approximate surface area is 112 Å². The fourth-order valence-corrected chi connectivity index (χ4v) is 2.11. The minimum Gasteiger partial charge on any atom is -0.369 e. The Morgan fingerprint density at radius 3 is 2.80 bits per heavy atom. The van der Waals surface area contributed by atoms with Gasteiger partial charge in [0, 0.05) is 20.0 Å². The Bertz CT molecular complexity index is 776. The van der Waals surface area contributed by atoms with E-state index in [1.54, 1.807) is 18.1 Å². The zero-order valence-corrected chi connectivity index (χ0v) is 10.7. The number of fused-ring (bicyclic) bond motifs is 1. The highest BCUT2D eigenvalue weighted by Crippen LogP contribution is 2.23. The van der Waals surface area contributed by atoms with Crippen LogP contribution in [-0.4, -0.2) is 24.3 Å². The Morgan fingerprint density at radius 1 is 1.30 bits per heavy atom. The normalized spacial score (nSPS) is 11.3. The summed E-state index contributed by atoms with van der Waals surface area (Å²) in [4.78, 5) is 8.09. The third-order valence-electron chi connectivity index (χ3n) is 3.04. The number of nitrogens with two attached hydrogens (primary N) is 1. The largest absolute Gasteiger partial charge is 0.369 e. The van der Waals surface area contributed by atoms with Gasteiger partial charge in [0.25, 0.3) is 0 Å². The van der Waals surface area contributed by atoms with Gasteiger partial charge in [0.1, 0.15) is 11.8 Å². The summed E-state index contributed by atoms with van der Waals surface area (Å²) in [6.45, 7) is 0.326. The van der Waals surface area contributed by atoms with Gasteiger partial charge in [0.15, 0.2) is 17.5 Å². The fraction of sp³-hybridized carbons (Fsp3) is 0.250. The first-order valence-electron chi connectivity index (χ1n) is 6.00. The highest BCUT2D eigenvalue weighted by Gasteiger charge is 2.16. The van der Waals surface area contributed by atoms with E-state index in [4.69, 9.17) is 5.73 Å². The second kappa shape index (κ2) is 4.55. The quantitative estimate of drug-likeness (QED) is 0.783. The number of anilines is 1. The Kier molecular flexibility index (Phi) is 2.85. The van der Waals surface area contributed by atoms with Gasteiger partial charge in [0.05, 0.1) is 5.52 Å².